The van der Waals surface area contributed by atoms with Gasteiger partial charge in [-0.3, -0.25) is 9.59 Å². The molecule has 4 heteroatoms. The van der Waals surface area contributed by atoms with Crippen molar-refractivity contribution in [2.75, 3.05) is 0 Å². The van der Waals surface area contributed by atoms with E-state index < -0.39 is 0 Å². The van der Waals surface area contributed by atoms with Gasteiger partial charge in [-0.05, 0) is 48.0 Å². The third-order valence-electron chi connectivity index (χ3n) is 4.04. The van der Waals surface area contributed by atoms with E-state index in [1.165, 1.54) is 11.8 Å². The quantitative estimate of drug-likeness (QED) is 0.660. The molecule has 1 N–H and O–H groups in total. The molecule has 3 aromatic carbocycles. The van der Waals surface area contributed by atoms with Gasteiger partial charge in [-0.1, -0.05) is 60.7 Å². The van der Waals surface area contributed by atoms with Gasteiger partial charge in [-0.2, -0.15) is 0 Å². The zero-order chi connectivity index (χ0) is 18.4. The van der Waals surface area contributed by atoms with Crippen LogP contribution in [0.2, 0.25) is 0 Å². The molecule has 0 saturated carbocycles. The zero-order valence-electron chi connectivity index (χ0n) is 14.4. The summed E-state index contributed by atoms with van der Waals surface area (Å²) in [4.78, 5) is 25.7. The molecule has 0 saturated heterocycles. The monoisotopic (exact) mass is 361 g/mol. The van der Waals surface area contributed by atoms with Crippen molar-refractivity contribution in [3.05, 3.63) is 101 Å². The predicted molar refractivity (Wildman–Crippen MR) is 105 cm³/mol. The Morgan fingerprint density at radius 3 is 2.08 bits per heavy atom. The van der Waals surface area contributed by atoms with Crippen molar-refractivity contribution in [2.45, 2.75) is 18.4 Å². The number of hydrogen-bond donors (Lipinski definition) is 1. The number of benzene rings is 3. The number of nitrogens with one attached hydrogen (secondary N) is 1. The van der Waals surface area contributed by atoms with Gasteiger partial charge in [0.05, 0.1) is 0 Å². The summed E-state index contributed by atoms with van der Waals surface area (Å²) in [6.45, 7) is 2.37. The van der Waals surface area contributed by atoms with E-state index in [0.29, 0.717) is 17.7 Å². The van der Waals surface area contributed by atoms with E-state index in [2.05, 4.69) is 5.32 Å². The first-order valence-corrected chi connectivity index (χ1v) is 9.16. The molecule has 3 nitrogen and oxygen atoms in total. The molecular formula is C22H19NO2S. The van der Waals surface area contributed by atoms with Gasteiger partial charge >= 0.3 is 0 Å². The molecule has 0 heterocycles. The maximum atomic E-state index is 12.5. The lowest BCUT2D eigenvalue weighted by molar-refractivity contribution is 0.0950. The van der Waals surface area contributed by atoms with E-state index in [1.54, 1.807) is 12.1 Å². The van der Waals surface area contributed by atoms with Crippen LogP contribution in [0.5, 0.6) is 0 Å². The lowest BCUT2D eigenvalue weighted by Gasteiger charge is -2.13. The molecule has 0 fully saturated rings. The molecule has 0 unspecified atom stereocenters. The van der Waals surface area contributed by atoms with Crippen LogP contribution in [0, 0.1) is 6.92 Å². The van der Waals surface area contributed by atoms with Gasteiger partial charge < -0.3 is 5.32 Å². The third-order valence-corrected chi connectivity index (χ3v) is 5.06. The number of rotatable bonds is 5. The minimum absolute atomic E-state index is 0.00756. The highest BCUT2D eigenvalue weighted by Gasteiger charge is 2.14. The highest BCUT2D eigenvalue weighted by molar-refractivity contribution is 8.14. The third kappa shape index (κ3) is 4.41. The first-order chi connectivity index (χ1) is 12.6. The van der Waals surface area contributed by atoms with Gasteiger partial charge in [0.15, 0.2) is 0 Å². The Hall–Kier alpha value is -2.85. The van der Waals surface area contributed by atoms with E-state index in [-0.39, 0.29) is 11.0 Å². The summed E-state index contributed by atoms with van der Waals surface area (Å²) >= 11 is 1.19. The molecule has 1 amide bonds. The molecule has 0 aliphatic heterocycles. The Balaban J connectivity index is 1.75. The molecule has 3 rings (SSSR count). The van der Waals surface area contributed by atoms with E-state index in [9.17, 15) is 9.59 Å². The van der Waals surface area contributed by atoms with Crippen molar-refractivity contribution >= 4 is 22.8 Å². The normalized spacial score (nSPS) is 10.3. The van der Waals surface area contributed by atoms with Crippen molar-refractivity contribution in [3.63, 3.8) is 0 Å². The van der Waals surface area contributed by atoms with Gasteiger partial charge in [-0.25, -0.2) is 0 Å². The Bertz CT molecular complexity index is 908. The van der Waals surface area contributed by atoms with Crippen LogP contribution in [0.25, 0.3) is 0 Å². The highest BCUT2D eigenvalue weighted by Crippen LogP contribution is 2.28. The van der Waals surface area contributed by atoms with Crippen molar-refractivity contribution in [3.8, 4) is 0 Å². The Morgan fingerprint density at radius 2 is 1.42 bits per heavy atom. The largest absolute Gasteiger partial charge is 0.348 e. The molecule has 0 aliphatic rings. The maximum absolute atomic E-state index is 12.5. The van der Waals surface area contributed by atoms with Gasteiger partial charge in [0.1, 0.15) is 0 Å². The average Bonchev–Trinajstić information content (AvgIpc) is 2.68. The summed E-state index contributed by atoms with van der Waals surface area (Å²) < 4.78 is 0. The lowest BCUT2D eigenvalue weighted by Crippen LogP contribution is -2.23. The van der Waals surface area contributed by atoms with Crippen molar-refractivity contribution in [1.82, 2.24) is 5.32 Å². The van der Waals surface area contributed by atoms with Crippen molar-refractivity contribution in [2.24, 2.45) is 0 Å². The summed E-state index contributed by atoms with van der Waals surface area (Å²) in [7, 11) is 0. The van der Waals surface area contributed by atoms with Gasteiger partial charge in [0.25, 0.3) is 5.91 Å². The SMILES string of the molecule is Cc1cccc(SC(=O)c2ccccc2)c1CNC(=O)c1ccccc1. The molecule has 0 bridgehead atoms. The second-order valence-corrected chi connectivity index (χ2v) is 6.87. The topological polar surface area (TPSA) is 46.2 Å². The average molecular weight is 361 g/mol. The van der Waals surface area contributed by atoms with Crippen LogP contribution in [-0.2, 0) is 6.54 Å². The van der Waals surface area contributed by atoms with Crippen molar-refractivity contribution < 1.29 is 9.59 Å². The van der Waals surface area contributed by atoms with Gasteiger partial charge in [0, 0.05) is 22.6 Å². The van der Waals surface area contributed by atoms with Crippen LogP contribution < -0.4 is 5.32 Å². The highest BCUT2D eigenvalue weighted by atomic mass is 32.2. The Labute approximate surface area is 157 Å². The van der Waals surface area contributed by atoms with E-state index in [1.807, 2.05) is 73.7 Å². The van der Waals surface area contributed by atoms with E-state index in [0.717, 1.165) is 16.0 Å². The number of hydrogen-bond acceptors (Lipinski definition) is 3. The molecule has 0 radical (unpaired) electrons. The van der Waals surface area contributed by atoms with E-state index >= 15 is 0 Å². The van der Waals surface area contributed by atoms with Crippen LogP contribution in [0.3, 0.4) is 0 Å². The maximum Gasteiger partial charge on any atom is 0.251 e. The van der Waals surface area contributed by atoms with Crippen LogP contribution in [0.1, 0.15) is 31.8 Å². The minimum Gasteiger partial charge on any atom is -0.348 e. The molecule has 3 aromatic rings. The van der Waals surface area contributed by atoms with E-state index in [4.69, 9.17) is 0 Å². The molecule has 0 spiro atoms. The molecule has 0 aliphatic carbocycles. The number of aryl methyl sites for hydroxylation is 1. The molecule has 0 atom stereocenters. The summed E-state index contributed by atoms with van der Waals surface area (Å²) in [6.07, 6.45) is 0. The predicted octanol–water partition coefficient (Wildman–Crippen LogP) is 4.86. The second-order valence-electron chi connectivity index (χ2n) is 5.86. The first-order valence-electron chi connectivity index (χ1n) is 8.34. The van der Waals surface area contributed by atoms with Crippen LogP contribution >= 0.6 is 11.8 Å². The standard InChI is InChI=1S/C22H19NO2S/c1-16-9-8-14-20(26-22(25)18-12-6-3-7-13-18)19(16)15-23-21(24)17-10-4-2-5-11-17/h2-14H,15H2,1H3,(H,23,24). The van der Waals surface area contributed by atoms with Crippen LogP contribution in [0.4, 0.5) is 0 Å². The first kappa shape index (κ1) is 18.0. The number of amides is 1. The van der Waals surface area contributed by atoms with Crippen molar-refractivity contribution in [1.29, 1.82) is 0 Å². The number of thioether (sulfide) groups is 1. The van der Waals surface area contributed by atoms with Crippen LogP contribution in [0.15, 0.2) is 83.8 Å². The second kappa shape index (κ2) is 8.50. The summed E-state index contributed by atoms with van der Waals surface area (Å²) in [5, 5.41) is 2.94. The molecule has 26 heavy (non-hydrogen) atoms. The van der Waals surface area contributed by atoms with Gasteiger partial charge in [-0.15, -0.1) is 0 Å². The van der Waals surface area contributed by atoms with Crippen LogP contribution in [-0.4, -0.2) is 11.0 Å². The number of carbonyl (C=O) groups excluding carboxylic acids is 2. The van der Waals surface area contributed by atoms with Gasteiger partial charge in [0.2, 0.25) is 5.12 Å². The molecule has 130 valence electrons. The summed E-state index contributed by atoms with van der Waals surface area (Å²) in [5.74, 6) is -0.126. The lowest BCUT2D eigenvalue weighted by atomic mass is 10.1. The fourth-order valence-electron chi connectivity index (χ4n) is 2.59. The summed E-state index contributed by atoms with van der Waals surface area (Å²) in [6, 6.07) is 24.2. The molecule has 0 aromatic heterocycles. The molecular weight excluding hydrogens is 342 g/mol. The Morgan fingerprint density at radius 1 is 0.808 bits per heavy atom. The minimum atomic E-state index is -0.126. The fraction of sp³-hybridized carbons (Fsp3) is 0.0909. The smallest absolute Gasteiger partial charge is 0.251 e. The summed E-state index contributed by atoms with van der Waals surface area (Å²) in [5.41, 5.74) is 3.30. The zero-order valence-corrected chi connectivity index (χ0v) is 15.3. The number of carbonyl (C=O) groups is 2. The Kier molecular flexibility index (Phi) is 5.87. The fourth-order valence-corrected chi connectivity index (χ4v) is 3.55.